The molecule has 1 aromatic carbocycles. The Bertz CT molecular complexity index is 1080. The van der Waals surface area contributed by atoms with Crippen LogP contribution in [0, 0.1) is 18.3 Å². The summed E-state index contributed by atoms with van der Waals surface area (Å²) in [6, 6.07) is 6.86. The van der Waals surface area contributed by atoms with Crippen LogP contribution in [-0.2, 0) is 4.74 Å². The van der Waals surface area contributed by atoms with Crippen LogP contribution in [0.5, 0.6) is 17.5 Å². The zero-order valence-electron chi connectivity index (χ0n) is 18.5. The SMILES string of the molecule is Cc1c(Oc2ccc(C#N)cc2Cl)ncnc1O[C@H]1CC2CCC1N2C(=O)OC(C)(C)C. The summed E-state index contributed by atoms with van der Waals surface area (Å²) >= 11 is 6.22. The van der Waals surface area contributed by atoms with Gasteiger partial charge in [-0.05, 0) is 58.7 Å². The van der Waals surface area contributed by atoms with Gasteiger partial charge in [-0.3, -0.25) is 4.90 Å². The molecule has 2 aliphatic rings. The van der Waals surface area contributed by atoms with Crippen molar-refractivity contribution < 1.29 is 19.0 Å². The van der Waals surface area contributed by atoms with Crippen LogP contribution < -0.4 is 9.47 Å². The van der Waals surface area contributed by atoms with Crippen molar-refractivity contribution in [1.82, 2.24) is 14.9 Å². The number of rotatable bonds is 4. The molecule has 0 aliphatic carbocycles. The molecule has 9 heteroatoms. The molecule has 1 amide bonds. The third-order valence-corrected chi connectivity index (χ3v) is 5.90. The van der Waals surface area contributed by atoms with Crippen molar-refractivity contribution in [3.05, 3.63) is 40.7 Å². The Kier molecular flexibility index (Phi) is 5.87. The van der Waals surface area contributed by atoms with E-state index in [9.17, 15) is 4.79 Å². The molecule has 4 rings (SSSR count). The summed E-state index contributed by atoms with van der Waals surface area (Å²) < 4.78 is 17.7. The first-order valence-corrected chi connectivity index (χ1v) is 10.9. The summed E-state index contributed by atoms with van der Waals surface area (Å²) in [5.74, 6) is 1.10. The monoisotopic (exact) mass is 456 g/mol. The summed E-state index contributed by atoms with van der Waals surface area (Å²) in [5.41, 5.74) is 0.522. The average molecular weight is 457 g/mol. The summed E-state index contributed by atoms with van der Waals surface area (Å²) in [6.45, 7) is 7.40. The molecule has 2 fully saturated rings. The van der Waals surface area contributed by atoms with Gasteiger partial charge >= 0.3 is 6.09 Å². The van der Waals surface area contributed by atoms with Crippen molar-refractivity contribution in [2.24, 2.45) is 0 Å². The Morgan fingerprint density at radius 3 is 2.69 bits per heavy atom. The van der Waals surface area contributed by atoms with Gasteiger partial charge < -0.3 is 14.2 Å². The molecule has 168 valence electrons. The van der Waals surface area contributed by atoms with E-state index in [1.165, 1.54) is 12.4 Å². The Balaban J connectivity index is 1.49. The van der Waals surface area contributed by atoms with Gasteiger partial charge in [-0.15, -0.1) is 0 Å². The minimum atomic E-state index is -0.544. The van der Waals surface area contributed by atoms with Crippen molar-refractivity contribution in [3.8, 4) is 23.6 Å². The molecule has 2 unspecified atom stereocenters. The van der Waals surface area contributed by atoms with E-state index in [-0.39, 0.29) is 24.3 Å². The highest BCUT2D eigenvalue weighted by molar-refractivity contribution is 6.32. The molecule has 0 N–H and O–H groups in total. The number of hydrogen-bond donors (Lipinski definition) is 0. The maximum atomic E-state index is 12.7. The van der Waals surface area contributed by atoms with E-state index < -0.39 is 5.60 Å². The normalized spacial score (nSPS) is 21.9. The zero-order valence-corrected chi connectivity index (χ0v) is 19.2. The standard InChI is InChI=1S/C23H25ClN4O4/c1-13-20(30-18-8-5-14(11-25)9-16(18)24)26-12-27-21(13)31-19-10-15-6-7-17(19)28(15)22(29)32-23(2,3)4/h5,8-9,12,15,17,19H,6-7,10H2,1-4H3/t15?,17?,19-/m0/s1. The maximum absolute atomic E-state index is 12.7. The fourth-order valence-corrected chi connectivity index (χ4v) is 4.42. The molecule has 1 aromatic heterocycles. The number of fused-ring (bicyclic) bond motifs is 2. The molecule has 0 spiro atoms. The Morgan fingerprint density at radius 2 is 2.00 bits per heavy atom. The van der Waals surface area contributed by atoms with Gasteiger partial charge in [-0.1, -0.05) is 11.6 Å². The number of benzene rings is 1. The van der Waals surface area contributed by atoms with Crippen molar-refractivity contribution >= 4 is 17.7 Å². The lowest BCUT2D eigenvalue weighted by Gasteiger charge is -2.28. The van der Waals surface area contributed by atoms with Crippen LogP contribution in [0.25, 0.3) is 0 Å². The minimum Gasteiger partial charge on any atom is -0.472 e. The van der Waals surface area contributed by atoms with Crippen molar-refractivity contribution in [2.45, 2.75) is 70.7 Å². The van der Waals surface area contributed by atoms with Crippen LogP contribution in [0.1, 0.15) is 51.2 Å². The maximum Gasteiger partial charge on any atom is 0.410 e. The zero-order chi connectivity index (χ0) is 23.0. The molecule has 0 saturated carbocycles. The Hall–Kier alpha value is -3.05. The van der Waals surface area contributed by atoms with Gasteiger partial charge in [0.1, 0.15) is 23.8 Å². The van der Waals surface area contributed by atoms with Crippen LogP contribution in [-0.4, -0.2) is 44.7 Å². The quantitative estimate of drug-likeness (QED) is 0.636. The lowest BCUT2D eigenvalue weighted by atomic mass is 9.98. The van der Waals surface area contributed by atoms with Crippen LogP contribution in [0.4, 0.5) is 4.79 Å². The van der Waals surface area contributed by atoms with Gasteiger partial charge in [0.05, 0.1) is 28.3 Å². The average Bonchev–Trinajstić information content (AvgIpc) is 3.29. The summed E-state index contributed by atoms with van der Waals surface area (Å²) in [7, 11) is 0. The molecule has 2 bridgehead atoms. The number of amides is 1. The molecule has 3 heterocycles. The van der Waals surface area contributed by atoms with Gasteiger partial charge in [-0.25, -0.2) is 14.8 Å². The van der Waals surface area contributed by atoms with E-state index in [1.807, 2.05) is 31.7 Å². The molecule has 2 aromatic rings. The lowest BCUT2D eigenvalue weighted by Crippen LogP contribution is -2.42. The molecule has 0 radical (unpaired) electrons. The highest BCUT2D eigenvalue weighted by Gasteiger charge is 2.51. The topological polar surface area (TPSA) is 97.6 Å². The molecular weight excluding hydrogens is 432 g/mol. The van der Waals surface area contributed by atoms with E-state index in [1.54, 1.807) is 19.1 Å². The van der Waals surface area contributed by atoms with Crippen LogP contribution >= 0.6 is 11.6 Å². The third-order valence-electron chi connectivity index (χ3n) is 5.61. The number of hydrogen-bond acceptors (Lipinski definition) is 7. The number of carbonyl (C=O) groups excluding carboxylic acids is 1. The lowest BCUT2D eigenvalue weighted by molar-refractivity contribution is 0.0180. The summed E-state index contributed by atoms with van der Waals surface area (Å²) in [6.07, 6.45) is 3.43. The molecule has 3 atom stereocenters. The fraction of sp³-hybridized carbons (Fsp3) is 0.478. The van der Waals surface area contributed by atoms with Crippen molar-refractivity contribution in [2.75, 3.05) is 0 Å². The number of aromatic nitrogens is 2. The van der Waals surface area contributed by atoms with Gasteiger partial charge in [0.15, 0.2) is 0 Å². The van der Waals surface area contributed by atoms with E-state index >= 15 is 0 Å². The first-order chi connectivity index (χ1) is 15.2. The first-order valence-electron chi connectivity index (χ1n) is 10.5. The summed E-state index contributed by atoms with van der Waals surface area (Å²) in [5, 5.41) is 9.30. The second-order valence-electron chi connectivity index (χ2n) is 9.05. The largest absolute Gasteiger partial charge is 0.472 e. The van der Waals surface area contributed by atoms with Gasteiger partial charge in [-0.2, -0.15) is 5.26 Å². The number of nitrogens with zero attached hydrogens (tertiary/aromatic N) is 4. The van der Waals surface area contributed by atoms with Crippen LogP contribution in [0.15, 0.2) is 24.5 Å². The number of ether oxygens (including phenoxy) is 3. The van der Waals surface area contributed by atoms with E-state index in [2.05, 4.69) is 9.97 Å². The molecule has 8 nitrogen and oxygen atoms in total. The Morgan fingerprint density at radius 1 is 1.25 bits per heavy atom. The predicted molar refractivity (Wildman–Crippen MR) is 117 cm³/mol. The van der Waals surface area contributed by atoms with Crippen LogP contribution in [0.2, 0.25) is 5.02 Å². The highest BCUT2D eigenvalue weighted by Crippen LogP contribution is 2.41. The summed E-state index contributed by atoms with van der Waals surface area (Å²) in [4.78, 5) is 23.0. The highest BCUT2D eigenvalue weighted by atomic mass is 35.5. The van der Waals surface area contributed by atoms with Crippen molar-refractivity contribution in [3.63, 3.8) is 0 Å². The minimum absolute atomic E-state index is 0.0541. The first kappa shape index (κ1) is 22.2. The van der Waals surface area contributed by atoms with E-state index in [0.717, 1.165) is 19.3 Å². The van der Waals surface area contributed by atoms with Gasteiger partial charge in [0.25, 0.3) is 0 Å². The molecule has 2 aliphatic heterocycles. The van der Waals surface area contributed by atoms with Crippen molar-refractivity contribution in [1.29, 1.82) is 5.26 Å². The van der Waals surface area contributed by atoms with Crippen LogP contribution in [0.3, 0.4) is 0 Å². The number of carbonyl (C=O) groups is 1. The Labute approximate surface area is 192 Å². The third kappa shape index (κ3) is 4.44. The number of halogens is 1. The fourth-order valence-electron chi connectivity index (χ4n) is 4.20. The second kappa shape index (κ2) is 8.47. The molecule has 32 heavy (non-hydrogen) atoms. The van der Waals surface area contributed by atoms with E-state index in [0.29, 0.717) is 33.7 Å². The van der Waals surface area contributed by atoms with E-state index in [4.69, 9.17) is 31.1 Å². The molecule has 2 saturated heterocycles. The van der Waals surface area contributed by atoms with Gasteiger partial charge in [0, 0.05) is 12.5 Å². The predicted octanol–water partition coefficient (Wildman–Crippen LogP) is 5.02. The second-order valence-corrected chi connectivity index (χ2v) is 9.45. The molecular formula is C23H25ClN4O4. The smallest absolute Gasteiger partial charge is 0.410 e. The number of nitriles is 1. The van der Waals surface area contributed by atoms with Gasteiger partial charge in [0.2, 0.25) is 11.8 Å².